The van der Waals surface area contributed by atoms with E-state index in [-0.39, 0.29) is 6.54 Å². The minimum Gasteiger partial charge on any atom is -0.275 e. The average Bonchev–Trinajstić information content (AvgIpc) is 2.77. The Morgan fingerprint density at radius 1 is 1.30 bits per heavy atom. The summed E-state index contributed by atoms with van der Waals surface area (Å²) in [5.41, 5.74) is 2.56. The molecule has 0 unspecified atom stereocenters. The van der Waals surface area contributed by atoms with Gasteiger partial charge in [0.2, 0.25) is 10.0 Å². The summed E-state index contributed by atoms with van der Waals surface area (Å²) in [5, 5.41) is 4.30. The third-order valence-electron chi connectivity index (χ3n) is 3.16. The van der Waals surface area contributed by atoms with Gasteiger partial charge in [-0.15, -0.1) is 0 Å². The minimum atomic E-state index is -3.49. The highest BCUT2D eigenvalue weighted by Crippen LogP contribution is 2.15. The summed E-state index contributed by atoms with van der Waals surface area (Å²) in [6.07, 6.45) is 2.63. The fourth-order valence-electron chi connectivity index (χ4n) is 2.14. The van der Waals surface area contributed by atoms with Crippen LogP contribution >= 0.6 is 0 Å². The first-order valence-electron chi connectivity index (χ1n) is 6.50. The summed E-state index contributed by atoms with van der Waals surface area (Å²) in [6.45, 7) is 4.05. The second kappa shape index (κ2) is 5.76. The summed E-state index contributed by atoms with van der Waals surface area (Å²) in [5.74, 6) is 0. The molecule has 0 saturated heterocycles. The lowest BCUT2D eigenvalue weighted by molar-refractivity contribution is 0.580. The molecular weight excluding hydrogens is 274 g/mol. The van der Waals surface area contributed by atoms with Gasteiger partial charge in [-0.25, -0.2) is 13.1 Å². The van der Waals surface area contributed by atoms with Crippen molar-refractivity contribution in [1.29, 1.82) is 0 Å². The van der Waals surface area contributed by atoms with Crippen molar-refractivity contribution >= 4 is 10.0 Å². The number of sulfonamides is 1. The molecule has 6 heteroatoms. The maximum atomic E-state index is 12.3. The van der Waals surface area contributed by atoms with Crippen LogP contribution in [0, 0.1) is 6.92 Å². The highest BCUT2D eigenvalue weighted by molar-refractivity contribution is 7.89. The SMILES string of the molecule is CCc1nn(C)cc1CNS(=O)(=O)c1ccccc1C. The molecule has 5 nitrogen and oxygen atoms in total. The van der Waals surface area contributed by atoms with Gasteiger partial charge in [-0.3, -0.25) is 4.68 Å². The average molecular weight is 293 g/mol. The maximum absolute atomic E-state index is 12.3. The second-order valence-electron chi connectivity index (χ2n) is 4.72. The minimum absolute atomic E-state index is 0.258. The Hall–Kier alpha value is -1.66. The summed E-state index contributed by atoms with van der Waals surface area (Å²) in [7, 11) is -1.66. The lowest BCUT2D eigenvalue weighted by Gasteiger charge is -2.08. The van der Waals surface area contributed by atoms with Crippen LogP contribution in [0.1, 0.15) is 23.7 Å². The summed E-state index contributed by atoms with van der Waals surface area (Å²) < 4.78 is 28.9. The van der Waals surface area contributed by atoms with Crippen LogP contribution in [0.25, 0.3) is 0 Å². The van der Waals surface area contributed by atoms with Gasteiger partial charge in [-0.2, -0.15) is 5.10 Å². The van der Waals surface area contributed by atoms with Crippen LogP contribution in [0.3, 0.4) is 0 Å². The molecule has 0 aliphatic carbocycles. The van der Waals surface area contributed by atoms with Gasteiger partial charge in [0.15, 0.2) is 0 Å². The van der Waals surface area contributed by atoms with Crippen molar-refractivity contribution in [2.45, 2.75) is 31.7 Å². The van der Waals surface area contributed by atoms with E-state index in [0.29, 0.717) is 4.90 Å². The number of aryl methyl sites for hydroxylation is 3. The van der Waals surface area contributed by atoms with E-state index in [0.717, 1.165) is 23.2 Å². The fraction of sp³-hybridized carbons (Fsp3) is 0.357. The van der Waals surface area contributed by atoms with Gasteiger partial charge >= 0.3 is 0 Å². The van der Waals surface area contributed by atoms with Gasteiger partial charge in [0.25, 0.3) is 0 Å². The van der Waals surface area contributed by atoms with E-state index in [2.05, 4.69) is 9.82 Å². The molecular formula is C14H19N3O2S. The lowest BCUT2D eigenvalue weighted by atomic mass is 10.2. The van der Waals surface area contributed by atoms with Gasteiger partial charge in [0.1, 0.15) is 0 Å². The first-order valence-corrected chi connectivity index (χ1v) is 7.99. The van der Waals surface area contributed by atoms with E-state index in [1.165, 1.54) is 0 Å². The predicted molar refractivity (Wildman–Crippen MR) is 77.8 cm³/mol. The van der Waals surface area contributed by atoms with Crippen molar-refractivity contribution in [2.75, 3.05) is 0 Å². The quantitative estimate of drug-likeness (QED) is 0.913. The largest absolute Gasteiger partial charge is 0.275 e. The summed E-state index contributed by atoms with van der Waals surface area (Å²) in [6, 6.07) is 6.95. The number of rotatable bonds is 5. The zero-order valence-corrected chi connectivity index (χ0v) is 12.7. The highest BCUT2D eigenvalue weighted by atomic mass is 32.2. The van der Waals surface area contributed by atoms with Crippen LogP contribution in [-0.4, -0.2) is 18.2 Å². The van der Waals surface area contributed by atoms with Crippen LogP contribution in [0.2, 0.25) is 0 Å². The number of hydrogen-bond donors (Lipinski definition) is 1. The first kappa shape index (κ1) is 14.7. The van der Waals surface area contributed by atoms with Crippen molar-refractivity contribution in [3.8, 4) is 0 Å². The highest BCUT2D eigenvalue weighted by Gasteiger charge is 2.17. The molecule has 0 fully saturated rings. The molecule has 0 spiro atoms. The monoisotopic (exact) mass is 293 g/mol. The molecule has 1 heterocycles. The number of nitrogens with zero attached hydrogens (tertiary/aromatic N) is 2. The first-order chi connectivity index (χ1) is 9.44. The van der Waals surface area contributed by atoms with Gasteiger partial charge < -0.3 is 0 Å². The Morgan fingerprint density at radius 3 is 2.65 bits per heavy atom. The van der Waals surface area contributed by atoms with E-state index in [4.69, 9.17) is 0 Å². The van der Waals surface area contributed by atoms with Crippen LogP contribution in [0.5, 0.6) is 0 Å². The molecule has 0 bridgehead atoms. The molecule has 0 aliphatic heterocycles. The van der Waals surface area contributed by atoms with E-state index in [9.17, 15) is 8.42 Å². The Morgan fingerprint density at radius 2 is 2.00 bits per heavy atom. The third kappa shape index (κ3) is 3.08. The molecule has 2 rings (SSSR count). The van der Waals surface area contributed by atoms with Crippen molar-refractivity contribution in [3.05, 3.63) is 47.3 Å². The van der Waals surface area contributed by atoms with Crippen molar-refractivity contribution in [3.63, 3.8) is 0 Å². The Labute approximate surface area is 119 Å². The molecule has 0 amide bonds. The molecule has 0 saturated carbocycles. The Bertz CT molecular complexity index is 705. The van der Waals surface area contributed by atoms with Crippen LogP contribution in [0.4, 0.5) is 0 Å². The topological polar surface area (TPSA) is 64.0 Å². The van der Waals surface area contributed by atoms with Gasteiger partial charge in [0, 0.05) is 25.4 Å². The molecule has 2 aromatic rings. The van der Waals surface area contributed by atoms with Crippen molar-refractivity contribution in [1.82, 2.24) is 14.5 Å². The van der Waals surface area contributed by atoms with Crippen LogP contribution < -0.4 is 4.72 Å². The standard InChI is InChI=1S/C14H19N3O2S/c1-4-13-12(10-17(3)16-13)9-15-20(18,19)14-8-6-5-7-11(14)2/h5-8,10,15H,4,9H2,1-3H3. The third-order valence-corrected chi connectivity index (χ3v) is 4.72. The Kier molecular flexibility index (Phi) is 4.25. The molecule has 0 aliphatic rings. The van der Waals surface area contributed by atoms with E-state index >= 15 is 0 Å². The van der Waals surface area contributed by atoms with Gasteiger partial charge in [-0.05, 0) is 25.0 Å². The Balaban J connectivity index is 2.20. The molecule has 1 N–H and O–H groups in total. The molecule has 20 heavy (non-hydrogen) atoms. The number of hydrogen-bond acceptors (Lipinski definition) is 3. The number of aromatic nitrogens is 2. The maximum Gasteiger partial charge on any atom is 0.241 e. The number of benzene rings is 1. The zero-order valence-electron chi connectivity index (χ0n) is 11.9. The summed E-state index contributed by atoms with van der Waals surface area (Å²) >= 11 is 0. The predicted octanol–water partition coefficient (Wildman–Crippen LogP) is 1.77. The lowest BCUT2D eigenvalue weighted by Crippen LogP contribution is -2.24. The smallest absolute Gasteiger partial charge is 0.241 e. The molecule has 0 radical (unpaired) electrons. The van der Waals surface area contributed by atoms with E-state index < -0.39 is 10.0 Å². The number of nitrogens with one attached hydrogen (secondary N) is 1. The fourth-order valence-corrected chi connectivity index (χ4v) is 3.39. The normalized spacial score (nSPS) is 11.8. The van der Waals surface area contributed by atoms with Gasteiger partial charge in [-0.1, -0.05) is 25.1 Å². The molecule has 1 aromatic carbocycles. The van der Waals surface area contributed by atoms with Crippen molar-refractivity contribution < 1.29 is 8.42 Å². The van der Waals surface area contributed by atoms with E-state index in [1.807, 2.05) is 26.2 Å². The second-order valence-corrected chi connectivity index (χ2v) is 6.45. The molecule has 0 atom stereocenters. The van der Waals surface area contributed by atoms with Crippen molar-refractivity contribution in [2.24, 2.45) is 7.05 Å². The summed E-state index contributed by atoms with van der Waals surface area (Å²) in [4.78, 5) is 0.321. The van der Waals surface area contributed by atoms with Gasteiger partial charge in [0.05, 0.1) is 10.6 Å². The van der Waals surface area contributed by atoms with Crippen LogP contribution in [0.15, 0.2) is 35.4 Å². The van der Waals surface area contributed by atoms with E-state index in [1.54, 1.807) is 29.8 Å². The molecule has 108 valence electrons. The zero-order chi connectivity index (χ0) is 14.8. The molecule has 1 aromatic heterocycles. The van der Waals surface area contributed by atoms with Crippen LogP contribution in [-0.2, 0) is 30.0 Å².